The average molecular weight is 392 g/mol. The van der Waals surface area contributed by atoms with Crippen molar-refractivity contribution in [2.45, 2.75) is 39.7 Å². The molecule has 0 aliphatic heterocycles. The van der Waals surface area contributed by atoms with Gasteiger partial charge in [0.05, 0.1) is 21.7 Å². The molecule has 0 aliphatic carbocycles. The highest BCUT2D eigenvalue weighted by Crippen LogP contribution is 2.19. The molecule has 0 saturated heterocycles. The Morgan fingerprint density at radius 3 is 2.19 bits per heavy atom. The first-order valence-corrected chi connectivity index (χ1v) is 10.4. The summed E-state index contributed by atoms with van der Waals surface area (Å²) in [5.41, 5.74) is 3.04. The van der Waals surface area contributed by atoms with Gasteiger partial charge in [-0.25, -0.2) is 8.42 Å². The van der Waals surface area contributed by atoms with Crippen molar-refractivity contribution >= 4 is 16.1 Å². The summed E-state index contributed by atoms with van der Waals surface area (Å²) in [4.78, 5) is 16.3. The van der Waals surface area contributed by atoms with Gasteiger partial charge in [0.2, 0.25) is 0 Å². The maximum Gasteiger partial charge on any atom is 0.313 e. The van der Waals surface area contributed by atoms with E-state index >= 15 is 0 Å². The van der Waals surface area contributed by atoms with Gasteiger partial charge in [-0.15, -0.1) is 0 Å². The zero-order chi connectivity index (χ0) is 20.4. The zero-order valence-electron chi connectivity index (χ0n) is 16.1. The second-order valence-electron chi connectivity index (χ2n) is 6.69. The lowest BCUT2D eigenvalue weighted by Crippen LogP contribution is -2.13. The Morgan fingerprint density at radius 1 is 1.11 bits per heavy atom. The number of nitrogens with zero attached hydrogens (tertiary/aromatic N) is 1. The summed E-state index contributed by atoms with van der Waals surface area (Å²) in [7, 11) is -3.92. The van der Waals surface area contributed by atoms with Gasteiger partial charge >= 0.3 is 5.97 Å². The van der Waals surface area contributed by atoms with E-state index in [0.717, 1.165) is 17.7 Å². The molecular weight excluding hydrogens is 366 g/mol. The summed E-state index contributed by atoms with van der Waals surface area (Å²) in [5.74, 6) is 0.144. The second-order valence-corrected chi connectivity index (χ2v) is 8.10. The van der Waals surface area contributed by atoms with Crippen LogP contribution < -0.4 is 0 Å². The molecule has 1 aromatic heterocycles. The van der Waals surface area contributed by atoms with Gasteiger partial charge in [0, 0.05) is 12.5 Å². The Morgan fingerprint density at radius 2 is 1.70 bits per heavy atom. The highest BCUT2D eigenvalue weighted by atomic mass is 32.2. The minimum Gasteiger partial charge on any atom is -0.748 e. The molecule has 0 saturated carbocycles. The first kappa shape index (κ1) is 22.8. The minimum atomic E-state index is -3.92. The molecule has 0 amide bonds. The normalized spacial score (nSPS) is 12.1. The van der Waals surface area contributed by atoms with E-state index in [9.17, 15) is 4.79 Å². The maximum atomic E-state index is 12.1. The molecule has 0 aliphatic rings. The van der Waals surface area contributed by atoms with Crippen molar-refractivity contribution < 1.29 is 22.5 Å². The number of aromatic nitrogens is 1. The molecule has 1 aromatic carbocycles. The number of pyridine rings is 1. The average Bonchev–Trinajstić information content (AvgIpc) is 2.58. The third kappa shape index (κ3) is 10.5. The van der Waals surface area contributed by atoms with Gasteiger partial charge in [-0.3, -0.25) is 9.78 Å². The van der Waals surface area contributed by atoms with Crippen LogP contribution in [0.25, 0.3) is 0 Å². The van der Waals surface area contributed by atoms with E-state index < -0.39 is 10.1 Å². The van der Waals surface area contributed by atoms with Crippen LogP contribution in [0.15, 0.2) is 48.7 Å². The number of benzene rings is 1. The minimum absolute atomic E-state index is 0.218. The van der Waals surface area contributed by atoms with E-state index in [1.165, 1.54) is 5.56 Å². The number of ether oxygens (including phenoxy) is 1. The van der Waals surface area contributed by atoms with Crippen molar-refractivity contribution in [2.24, 2.45) is 5.92 Å². The van der Waals surface area contributed by atoms with Crippen molar-refractivity contribution in [3.05, 3.63) is 65.5 Å². The summed E-state index contributed by atoms with van der Waals surface area (Å²) in [6.45, 7) is 6.49. The number of rotatable bonds is 6. The first-order chi connectivity index (χ1) is 12.6. The number of hydrogen-bond acceptors (Lipinski definition) is 6. The van der Waals surface area contributed by atoms with Crippen LogP contribution in [0, 0.1) is 5.92 Å². The van der Waals surface area contributed by atoms with Gasteiger partial charge in [0.15, 0.2) is 0 Å². The lowest BCUT2D eigenvalue weighted by molar-refractivity contribution is -0.146. The Balaban J connectivity index is 0.000000646. The summed E-state index contributed by atoms with van der Waals surface area (Å²) in [6.07, 6.45) is 3.35. The molecule has 6 nitrogen and oxygen atoms in total. The molecule has 148 valence electrons. The third-order valence-electron chi connectivity index (χ3n) is 3.57. The highest BCUT2D eigenvalue weighted by molar-refractivity contribution is 7.84. The molecule has 0 N–H and O–H groups in total. The van der Waals surface area contributed by atoms with Crippen LogP contribution in [0.2, 0.25) is 0 Å². The molecule has 0 fully saturated rings. The van der Waals surface area contributed by atoms with Crippen LogP contribution >= 0.6 is 0 Å². The Bertz CT molecular complexity index is 794. The Kier molecular flexibility index (Phi) is 9.11. The largest absolute Gasteiger partial charge is 0.748 e. The van der Waals surface area contributed by atoms with E-state index in [0.29, 0.717) is 12.2 Å². The molecule has 0 spiro atoms. The van der Waals surface area contributed by atoms with Crippen molar-refractivity contribution in [1.82, 2.24) is 4.98 Å². The fourth-order valence-electron chi connectivity index (χ4n) is 2.30. The summed E-state index contributed by atoms with van der Waals surface area (Å²) >= 11 is 0. The number of esters is 1. The standard InChI is InChI=1S/C19H23NO2.CH4O3S/c1-14(2)12-16-7-9-17(10-8-16)15(3)19(21)22-13-18-6-4-5-11-20-18;1-5(2,3)4/h4-11,14-15H,12-13H2,1-3H3;1H3,(H,2,3,4)/p-1. The SMILES string of the molecule is CC(C)Cc1ccc(C(C)C(=O)OCc2ccccn2)cc1.CS(=O)(=O)[O-]. The van der Waals surface area contributed by atoms with Gasteiger partial charge in [0.25, 0.3) is 0 Å². The van der Waals surface area contributed by atoms with Crippen molar-refractivity contribution in [1.29, 1.82) is 0 Å². The van der Waals surface area contributed by atoms with Gasteiger partial charge < -0.3 is 9.29 Å². The van der Waals surface area contributed by atoms with Crippen molar-refractivity contribution in [2.75, 3.05) is 6.26 Å². The number of carbonyl (C=O) groups excluding carboxylic acids is 1. The number of carbonyl (C=O) groups is 1. The number of hydrogen-bond donors (Lipinski definition) is 0. The highest BCUT2D eigenvalue weighted by Gasteiger charge is 2.17. The lowest BCUT2D eigenvalue weighted by Gasteiger charge is -2.13. The molecule has 2 aromatic rings. The van der Waals surface area contributed by atoms with E-state index in [1.54, 1.807) is 6.20 Å². The zero-order valence-corrected chi connectivity index (χ0v) is 16.9. The molecule has 2 rings (SSSR count). The molecule has 0 bridgehead atoms. The molecular formula is C20H26NO5S-. The van der Waals surface area contributed by atoms with Gasteiger partial charge in [-0.2, -0.15) is 0 Å². The predicted octanol–water partition coefficient (Wildman–Crippen LogP) is 3.29. The molecule has 1 atom stereocenters. The third-order valence-corrected chi connectivity index (χ3v) is 3.57. The maximum absolute atomic E-state index is 12.1. The van der Waals surface area contributed by atoms with E-state index in [-0.39, 0.29) is 18.5 Å². The Hall–Kier alpha value is -2.25. The van der Waals surface area contributed by atoms with Crippen LogP contribution in [-0.2, 0) is 32.7 Å². The van der Waals surface area contributed by atoms with Gasteiger partial charge in [-0.05, 0) is 42.5 Å². The van der Waals surface area contributed by atoms with Gasteiger partial charge in [0.1, 0.15) is 6.61 Å². The fraction of sp³-hybridized carbons (Fsp3) is 0.400. The van der Waals surface area contributed by atoms with E-state index in [2.05, 4.69) is 31.0 Å². The fourth-order valence-corrected chi connectivity index (χ4v) is 2.30. The molecule has 27 heavy (non-hydrogen) atoms. The first-order valence-electron chi connectivity index (χ1n) is 8.62. The topological polar surface area (TPSA) is 96.4 Å². The van der Waals surface area contributed by atoms with Crippen molar-refractivity contribution in [3.8, 4) is 0 Å². The summed E-state index contributed by atoms with van der Waals surface area (Å²) in [5, 5.41) is 0. The Labute approximate surface area is 161 Å². The predicted molar refractivity (Wildman–Crippen MR) is 103 cm³/mol. The lowest BCUT2D eigenvalue weighted by atomic mass is 9.97. The monoisotopic (exact) mass is 392 g/mol. The van der Waals surface area contributed by atoms with Crippen LogP contribution in [0.3, 0.4) is 0 Å². The molecule has 1 heterocycles. The molecule has 7 heteroatoms. The summed E-state index contributed by atoms with van der Waals surface area (Å²) < 4.78 is 32.6. The van der Waals surface area contributed by atoms with Crippen LogP contribution in [0.4, 0.5) is 0 Å². The smallest absolute Gasteiger partial charge is 0.313 e. The van der Waals surface area contributed by atoms with Crippen LogP contribution in [0.5, 0.6) is 0 Å². The van der Waals surface area contributed by atoms with Crippen LogP contribution in [0.1, 0.15) is 43.5 Å². The summed E-state index contributed by atoms with van der Waals surface area (Å²) in [6, 6.07) is 13.8. The van der Waals surface area contributed by atoms with Gasteiger partial charge in [-0.1, -0.05) is 44.2 Å². The quantitative estimate of drug-likeness (QED) is 0.553. The second kappa shape index (κ2) is 10.8. The van der Waals surface area contributed by atoms with E-state index in [4.69, 9.17) is 17.7 Å². The van der Waals surface area contributed by atoms with Crippen molar-refractivity contribution in [3.63, 3.8) is 0 Å². The molecule has 0 radical (unpaired) electrons. The van der Waals surface area contributed by atoms with Crippen LogP contribution in [-0.4, -0.2) is 30.2 Å². The van der Waals surface area contributed by atoms with E-state index in [1.807, 2.05) is 37.3 Å². The molecule has 1 unspecified atom stereocenters.